The van der Waals surface area contributed by atoms with Gasteiger partial charge in [-0.25, -0.2) is 9.59 Å². The summed E-state index contributed by atoms with van der Waals surface area (Å²) in [6, 6.07) is 4.90. The van der Waals surface area contributed by atoms with Crippen molar-refractivity contribution in [3.05, 3.63) is 29.3 Å². The van der Waals surface area contributed by atoms with Gasteiger partial charge in [0.1, 0.15) is 17.1 Å². The van der Waals surface area contributed by atoms with Gasteiger partial charge in [-0.2, -0.15) is 0 Å². The zero-order valence-corrected chi connectivity index (χ0v) is 17.0. The molecular weight excluding hydrogens is 379 g/mol. The third-order valence-electron chi connectivity index (χ3n) is 4.90. The monoisotopic (exact) mass is 404 g/mol. The van der Waals surface area contributed by atoms with Crippen LogP contribution in [0.1, 0.15) is 62.9 Å². The van der Waals surface area contributed by atoms with Crippen LogP contribution in [-0.2, 0) is 30.2 Å². The van der Waals surface area contributed by atoms with Crippen LogP contribution in [0.25, 0.3) is 0 Å². The van der Waals surface area contributed by atoms with Crippen molar-refractivity contribution in [2.24, 2.45) is 0 Å². The van der Waals surface area contributed by atoms with Crippen LogP contribution >= 0.6 is 0 Å². The Kier molecular flexibility index (Phi) is 5.73. The summed E-state index contributed by atoms with van der Waals surface area (Å²) in [5.41, 5.74) is 0.738. The van der Waals surface area contributed by atoms with E-state index in [0.29, 0.717) is 18.4 Å². The van der Waals surface area contributed by atoms with E-state index in [1.165, 1.54) is 26.8 Å². The van der Waals surface area contributed by atoms with Crippen LogP contribution in [-0.4, -0.2) is 41.4 Å². The Labute approximate surface area is 169 Å². The largest absolute Gasteiger partial charge is 0.535 e. The first-order valence-corrected chi connectivity index (χ1v) is 9.70. The maximum absolute atomic E-state index is 12.8. The average molecular weight is 404 g/mol. The number of carbonyl (C=O) groups excluding carboxylic acids is 3. The maximum atomic E-state index is 12.8. The number of hydrogen-bond donors (Lipinski definition) is 1. The molecule has 2 aliphatic rings. The molecule has 0 saturated carbocycles. The topological polar surface area (TPSA) is 108 Å². The molecule has 1 aromatic rings. The van der Waals surface area contributed by atoms with Crippen molar-refractivity contribution >= 4 is 24.8 Å². The van der Waals surface area contributed by atoms with E-state index >= 15 is 0 Å². The molecule has 0 spiro atoms. The minimum atomic E-state index is -1.88. The molecule has 29 heavy (non-hydrogen) atoms. The summed E-state index contributed by atoms with van der Waals surface area (Å²) >= 11 is 0. The first kappa shape index (κ1) is 21.3. The summed E-state index contributed by atoms with van der Waals surface area (Å²) in [5.74, 6) is -4.90. The summed E-state index contributed by atoms with van der Waals surface area (Å²) in [7, 11) is -1.22. The average Bonchev–Trinajstić information content (AvgIpc) is 2.81. The number of carbonyl (C=O) groups is 3. The van der Waals surface area contributed by atoms with E-state index < -0.39 is 30.6 Å². The molecule has 1 unspecified atom stereocenters. The van der Waals surface area contributed by atoms with Gasteiger partial charge in [-0.1, -0.05) is 19.1 Å². The van der Waals surface area contributed by atoms with Gasteiger partial charge >= 0.3 is 24.8 Å². The Balaban J connectivity index is 1.79. The predicted octanol–water partition coefficient (Wildman–Crippen LogP) is 2.41. The van der Waals surface area contributed by atoms with Gasteiger partial charge in [0.15, 0.2) is 0 Å². The Bertz CT molecular complexity index is 836. The van der Waals surface area contributed by atoms with Crippen LogP contribution in [0.15, 0.2) is 18.2 Å². The van der Waals surface area contributed by atoms with Crippen molar-refractivity contribution in [2.75, 3.05) is 0 Å². The lowest BCUT2D eigenvalue weighted by Gasteiger charge is -2.29. The molecule has 0 amide bonds. The molecule has 0 radical (unpaired) electrons. The number of ether oxygens (including phenoxy) is 3. The highest BCUT2D eigenvalue weighted by Crippen LogP contribution is 2.38. The van der Waals surface area contributed by atoms with E-state index in [9.17, 15) is 19.4 Å². The zero-order chi connectivity index (χ0) is 21.4. The minimum absolute atomic E-state index is 0.0576. The summed E-state index contributed by atoms with van der Waals surface area (Å²) in [5, 5.41) is 10.4. The van der Waals surface area contributed by atoms with E-state index in [-0.39, 0.29) is 29.3 Å². The van der Waals surface area contributed by atoms with Crippen molar-refractivity contribution in [2.45, 2.75) is 70.8 Å². The van der Waals surface area contributed by atoms with E-state index in [2.05, 4.69) is 0 Å². The quantitative estimate of drug-likeness (QED) is 0.569. The fourth-order valence-corrected chi connectivity index (χ4v) is 3.63. The molecule has 1 saturated heterocycles. The fraction of sp³-hybridized carbons (Fsp3) is 0.550. The molecule has 2 aliphatic heterocycles. The summed E-state index contributed by atoms with van der Waals surface area (Å²) in [6.07, 6.45) is 1.79. The van der Waals surface area contributed by atoms with Crippen LogP contribution in [0.4, 0.5) is 0 Å². The zero-order valence-electron chi connectivity index (χ0n) is 17.0. The van der Waals surface area contributed by atoms with Gasteiger partial charge in [0.05, 0.1) is 0 Å². The van der Waals surface area contributed by atoms with Gasteiger partial charge in [0.25, 0.3) is 0 Å². The van der Waals surface area contributed by atoms with Gasteiger partial charge in [0, 0.05) is 39.4 Å². The van der Waals surface area contributed by atoms with E-state index in [1.54, 1.807) is 12.1 Å². The number of para-hydroxylation sites is 1. The van der Waals surface area contributed by atoms with Crippen molar-refractivity contribution < 1.29 is 38.3 Å². The summed E-state index contributed by atoms with van der Waals surface area (Å²) < 4.78 is 21.4. The molecule has 1 fully saturated rings. The molecule has 0 aromatic heterocycles. The third kappa shape index (κ3) is 4.46. The van der Waals surface area contributed by atoms with E-state index in [4.69, 9.17) is 18.9 Å². The lowest BCUT2D eigenvalue weighted by atomic mass is 9.64. The second kappa shape index (κ2) is 7.80. The summed E-state index contributed by atoms with van der Waals surface area (Å²) in [4.78, 5) is 36.8. The van der Waals surface area contributed by atoms with Crippen molar-refractivity contribution in [3.63, 3.8) is 0 Å². The molecule has 156 valence electrons. The van der Waals surface area contributed by atoms with Gasteiger partial charge in [-0.15, -0.1) is 0 Å². The normalized spacial score (nSPS) is 25.1. The molecule has 0 aliphatic carbocycles. The smallest absolute Gasteiger partial charge is 0.526 e. The number of hydrogen-bond acceptors (Lipinski definition) is 8. The molecule has 8 nitrogen and oxygen atoms in total. The number of esters is 2. The summed E-state index contributed by atoms with van der Waals surface area (Å²) in [6.45, 7) is 6.30. The molecule has 2 heterocycles. The van der Waals surface area contributed by atoms with Crippen LogP contribution in [0.3, 0.4) is 0 Å². The van der Waals surface area contributed by atoms with E-state index in [1.807, 2.05) is 6.92 Å². The SMILES string of the molecule is CCCC(=O)C[C@H]1Cc2cccc(C(=O)OC3(C)OC(C)(C)OC3=O)c2OB1O. The number of cyclic esters (lactones) is 1. The molecule has 2 atom stereocenters. The van der Waals surface area contributed by atoms with Crippen LogP contribution in [0, 0.1) is 0 Å². The maximum Gasteiger partial charge on any atom is 0.526 e. The molecule has 1 aromatic carbocycles. The number of benzene rings is 1. The van der Waals surface area contributed by atoms with Gasteiger partial charge in [0.2, 0.25) is 5.79 Å². The highest BCUT2D eigenvalue weighted by atomic mass is 16.9. The Morgan fingerprint density at radius 1 is 1.31 bits per heavy atom. The van der Waals surface area contributed by atoms with Gasteiger partial charge in [-0.05, 0) is 24.5 Å². The predicted molar refractivity (Wildman–Crippen MR) is 102 cm³/mol. The molecule has 1 N–H and O–H groups in total. The number of ketones is 1. The Hall–Kier alpha value is -2.39. The molecular formula is C20H25BO8. The standard InChI is InChI=1S/C20H25BO8/c1-5-7-14(22)11-13-10-12-8-6-9-15(16(12)28-21(13)25)17(23)26-20(4)18(24)27-19(2,3)29-20/h6,8-9,13,25H,5,7,10-11H2,1-4H3/t13-,20?/m1/s1. The minimum Gasteiger partial charge on any atom is -0.535 e. The van der Waals surface area contributed by atoms with Crippen molar-refractivity contribution in [1.82, 2.24) is 0 Å². The Morgan fingerprint density at radius 2 is 2.03 bits per heavy atom. The molecule has 0 bridgehead atoms. The van der Waals surface area contributed by atoms with Crippen LogP contribution in [0.2, 0.25) is 5.82 Å². The second-order valence-electron chi connectivity index (χ2n) is 7.99. The van der Waals surface area contributed by atoms with E-state index in [0.717, 1.165) is 6.42 Å². The van der Waals surface area contributed by atoms with Crippen LogP contribution in [0.5, 0.6) is 5.75 Å². The number of fused-ring (bicyclic) bond motifs is 1. The van der Waals surface area contributed by atoms with Crippen LogP contribution < -0.4 is 4.65 Å². The third-order valence-corrected chi connectivity index (χ3v) is 4.90. The molecule has 3 rings (SSSR count). The first-order valence-electron chi connectivity index (χ1n) is 9.70. The first-order chi connectivity index (χ1) is 13.5. The second-order valence-corrected chi connectivity index (χ2v) is 7.99. The lowest BCUT2D eigenvalue weighted by molar-refractivity contribution is -0.221. The molecule has 9 heteroatoms. The highest BCUT2D eigenvalue weighted by molar-refractivity contribution is 6.47. The number of Topliss-reactive ketones (excluding diaryl/α,β-unsaturated/α-hetero) is 1. The Morgan fingerprint density at radius 3 is 2.66 bits per heavy atom. The number of rotatable bonds is 6. The van der Waals surface area contributed by atoms with Gasteiger partial charge in [-0.3, -0.25) is 9.53 Å². The lowest BCUT2D eigenvalue weighted by Crippen LogP contribution is -2.40. The highest BCUT2D eigenvalue weighted by Gasteiger charge is 2.54. The van der Waals surface area contributed by atoms with Crippen molar-refractivity contribution in [1.29, 1.82) is 0 Å². The van der Waals surface area contributed by atoms with Crippen molar-refractivity contribution in [3.8, 4) is 5.75 Å². The van der Waals surface area contributed by atoms with Gasteiger partial charge < -0.3 is 19.2 Å². The fourth-order valence-electron chi connectivity index (χ4n) is 3.63.